The highest BCUT2D eigenvalue weighted by Crippen LogP contribution is 2.28. The molecule has 0 N–H and O–H groups in total. The van der Waals surface area contributed by atoms with Crippen molar-refractivity contribution < 1.29 is 0 Å². The van der Waals surface area contributed by atoms with Gasteiger partial charge in [0.25, 0.3) is 0 Å². The maximum absolute atomic E-state index is 4.41. The standard InChI is InChI=1S/C16H11N5/c1-2-6-12(7-3-1)15-13-8-4-5-9-14(13)16(20-19-15)21-10-17-18-11-21/h1-11H. The number of aromatic nitrogens is 5. The monoisotopic (exact) mass is 273 g/mol. The summed E-state index contributed by atoms with van der Waals surface area (Å²) in [6, 6.07) is 18.2. The van der Waals surface area contributed by atoms with Crippen molar-refractivity contribution in [2.45, 2.75) is 0 Å². The Hall–Kier alpha value is -3.08. The summed E-state index contributed by atoms with van der Waals surface area (Å²) in [4.78, 5) is 0. The SMILES string of the molecule is c1ccc(-c2nnc(-n3cnnc3)c3ccccc23)cc1. The van der Waals surface area contributed by atoms with Crippen LogP contribution in [-0.4, -0.2) is 25.0 Å². The number of rotatable bonds is 2. The van der Waals surface area contributed by atoms with Gasteiger partial charge in [0, 0.05) is 16.3 Å². The van der Waals surface area contributed by atoms with Gasteiger partial charge in [-0.1, -0.05) is 54.6 Å². The number of benzene rings is 2. The Labute approximate surface area is 120 Å². The molecular formula is C16H11N5. The fourth-order valence-corrected chi connectivity index (χ4v) is 2.40. The van der Waals surface area contributed by atoms with Crippen LogP contribution in [0.3, 0.4) is 0 Å². The molecule has 0 aliphatic heterocycles. The lowest BCUT2D eigenvalue weighted by molar-refractivity contribution is 0.931. The summed E-state index contributed by atoms with van der Waals surface area (Å²) in [6.07, 6.45) is 3.25. The third kappa shape index (κ3) is 1.95. The molecule has 4 rings (SSSR count). The molecule has 0 saturated heterocycles. The highest BCUT2D eigenvalue weighted by atomic mass is 15.3. The van der Waals surface area contributed by atoms with Gasteiger partial charge in [-0.2, -0.15) is 0 Å². The zero-order valence-corrected chi connectivity index (χ0v) is 11.1. The molecule has 2 aromatic heterocycles. The number of nitrogens with zero attached hydrogens (tertiary/aromatic N) is 5. The van der Waals surface area contributed by atoms with Crippen LogP contribution in [0, 0.1) is 0 Å². The third-order valence-electron chi connectivity index (χ3n) is 3.38. The second kappa shape index (κ2) is 4.79. The van der Waals surface area contributed by atoms with Gasteiger partial charge in [-0.25, -0.2) is 0 Å². The summed E-state index contributed by atoms with van der Waals surface area (Å²) < 4.78 is 1.77. The lowest BCUT2D eigenvalue weighted by atomic mass is 10.0. The molecule has 2 heterocycles. The maximum atomic E-state index is 4.41. The Morgan fingerprint density at radius 1 is 0.667 bits per heavy atom. The normalized spacial score (nSPS) is 10.9. The van der Waals surface area contributed by atoms with E-state index in [2.05, 4.69) is 26.5 Å². The second-order valence-electron chi connectivity index (χ2n) is 4.65. The van der Waals surface area contributed by atoms with E-state index in [1.165, 1.54) is 0 Å². The Morgan fingerprint density at radius 2 is 1.33 bits per heavy atom. The number of fused-ring (bicyclic) bond motifs is 1. The molecule has 0 fully saturated rings. The van der Waals surface area contributed by atoms with Crippen molar-refractivity contribution in [2.75, 3.05) is 0 Å². The lowest BCUT2D eigenvalue weighted by Crippen LogP contribution is -2.00. The predicted molar refractivity (Wildman–Crippen MR) is 79.9 cm³/mol. The minimum absolute atomic E-state index is 0.732. The molecule has 0 unspecified atom stereocenters. The molecule has 0 aliphatic rings. The molecule has 0 radical (unpaired) electrons. The van der Waals surface area contributed by atoms with Crippen molar-refractivity contribution >= 4 is 10.8 Å². The Kier molecular flexibility index (Phi) is 2.67. The van der Waals surface area contributed by atoms with Crippen molar-refractivity contribution in [3.05, 3.63) is 67.3 Å². The molecule has 4 aromatic rings. The minimum Gasteiger partial charge on any atom is -0.270 e. The fourth-order valence-electron chi connectivity index (χ4n) is 2.40. The van der Waals surface area contributed by atoms with E-state index in [9.17, 15) is 0 Å². The zero-order chi connectivity index (χ0) is 14.1. The Bertz CT molecular complexity index is 885. The predicted octanol–water partition coefficient (Wildman–Crippen LogP) is 2.88. The molecule has 5 nitrogen and oxygen atoms in total. The first kappa shape index (κ1) is 11.7. The van der Waals surface area contributed by atoms with Gasteiger partial charge < -0.3 is 0 Å². The smallest absolute Gasteiger partial charge is 0.169 e. The third-order valence-corrected chi connectivity index (χ3v) is 3.38. The van der Waals surface area contributed by atoms with E-state index >= 15 is 0 Å². The van der Waals surface area contributed by atoms with Crippen LogP contribution in [0.1, 0.15) is 0 Å². The Morgan fingerprint density at radius 3 is 2.10 bits per heavy atom. The molecule has 0 aliphatic carbocycles. The van der Waals surface area contributed by atoms with E-state index in [1.54, 1.807) is 17.2 Å². The highest BCUT2D eigenvalue weighted by molar-refractivity contribution is 5.97. The molecule has 5 heteroatoms. The van der Waals surface area contributed by atoms with Crippen LogP contribution in [0.5, 0.6) is 0 Å². The van der Waals surface area contributed by atoms with Gasteiger partial charge in [0.05, 0.1) is 0 Å². The largest absolute Gasteiger partial charge is 0.270 e. The highest BCUT2D eigenvalue weighted by Gasteiger charge is 2.11. The van der Waals surface area contributed by atoms with Crippen LogP contribution in [0.25, 0.3) is 27.8 Å². The summed E-state index contributed by atoms with van der Waals surface area (Å²) in [5, 5.41) is 18.5. The van der Waals surface area contributed by atoms with Crippen molar-refractivity contribution in [1.82, 2.24) is 25.0 Å². The summed E-state index contributed by atoms with van der Waals surface area (Å²) in [7, 11) is 0. The fraction of sp³-hybridized carbons (Fsp3) is 0. The Balaban J connectivity index is 2.02. The van der Waals surface area contributed by atoms with E-state index < -0.39 is 0 Å². The zero-order valence-electron chi connectivity index (χ0n) is 11.1. The average molecular weight is 273 g/mol. The van der Waals surface area contributed by atoms with E-state index in [-0.39, 0.29) is 0 Å². The van der Waals surface area contributed by atoms with Crippen molar-refractivity contribution in [1.29, 1.82) is 0 Å². The van der Waals surface area contributed by atoms with Gasteiger partial charge >= 0.3 is 0 Å². The number of hydrogen-bond acceptors (Lipinski definition) is 4. The van der Waals surface area contributed by atoms with Crippen LogP contribution >= 0.6 is 0 Å². The van der Waals surface area contributed by atoms with Crippen LogP contribution < -0.4 is 0 Å². The molecule has 0 saturated carbocycles. The topological polar surface area (TPSA) is 56.5 Å². The van der Waals surface area contributed by atoms with Crippen molar-refractivity contribution in [2.24, 2.45) is 0 Å². The van der Waals surface area contributed by atoms with Gasteiger partial charge in [0.15, 0.2) is 5.82 Å². The molecule has 0 spiro atoms. The first-order valence-electron chi connectivity index (χ1n) is 6.59. The van der Waals surface area contributed by atoms with Crippen LogP contribution in [0.15, 0.2) is 67.3 Å². The lowest BCUT2D eigenvalue weighted by Gasteiger charge is -2.09. The average Bonchev–Trinajstić information content (AvgIpc) is 3.09. The van der Waals surface area contributed by atoms with E-state index in [0.717, 1.165) is 27.8 Å². The summed E-state index contributed by atoms with van der Waals surface area (Å²) in [6.45, 7) is 0. The molecule has 21 heavy (non-hydrogen) atoms. The maximum Gasteiger partial charge on any atom is 0.169 e. The van der Waals surface area contributed by atoms with Crippen LogP contribution in [0.4, 0.5) is 0 Å². The van der Waals surface area contributed by atoms with Gasteiger partial charge in [0.1, 0.15) is 18.3 Å². The molecule has 0 amide bonds. The van der Waals surface area contributed by atoms with Crippen molar-refractivity contribution in [3.8, 4) is 17.1 Å². The van der Waals surface area contributed by atoms with Crippen molar-refractivity contribution in [3.63, 3.8) is 0 Å². The molecule has 0 bridgehead atoms. The van der Waals surface area contributed by atoms with Crippen LogP contribution in [-0.2, 0) is 0 Å². The van der Waals surface area contributed by atoms with E-state index in [4.69, 9.17) is 0 Å². The molecule has 2 aromatic carbocycles. The van der Waals surface area contributed by atoms with Gasteiger partial charge in [0.2, 0.25) is 0 Å². The quantitative estimate of drug-likeness (QED) is 0.563. The van der Waals surface area contributed by atoms with Gasteiger partial charge in [-0.15, -0.1) is 20.4 Å². The van der Waals surface area contributed by atoms with E-state index in [0.29, 0.717) is 0 Å². The van der Waals surface area contributed by atoms with Crippen LogP contribution in [0.2, 0.25) is 0 Å². The minimum atomic E-state index is 0.732. The molecular weight excluding hydrogens is 262 g/mol. The first-order valence-corrected chi connectivity index (χ1v) is 6.59. The molecule has 100 valence electrons. The summed E-state index contributed by atoms with van der Waals surface area (Å²) in [5.41, 5.74) is 1.93. The first-order chi connectivity index (χ1) is 10.4. The van der Waals surface area contributed by atoms with Gasteiger partial charge in [-0.3, -0.25) is 4.57 Å². The molecule has 0 atom stereocenters. The van der Waals surface area contributed by atoms with Gasteiger partial charge in [-0.05, 0) is 0 Å². The number of hydrogen-bond donors (Lipinski definition) is 0. The van der Waals surface area contributed by atoms with E-state index in [1.807, 2.05) is 48.5 Å². The summed E-state index contributed by atoms with van der Waals surface area (Å²) in [5.74, 6) is 0.732. The second-order valence-corrected chi connectivity index (χ2v) is 4.65. The summed E-state index contributed by atoms with van der Waals surface area (Å²) >= 11 is 0.